The van der Waals surface area contributed by atoms with Crippen molar-refractivity contribution in [2.45, 2.75) is 51.6 Å². The molecule has 0 bridgehead atoms. The summed E-state index contributed by atoms with van der Waals surface area (Å²) >= 11 is 0. The maximum absolute atomic E-state index is 9.49. The molecule has 1 aliphatic rings. The molecule has 0 saturated carbocycles. The van der Waals surface area contributed by atoms with E-state index in [1.165, 1.54) is 5.56 Å². The molecular formula is C29H30N6O2. The number of pyridine rings is 1. The molecule has 4 aromatic rings. The summed E-state index contributed by atoms with van der Waals surface area (Å²) in [5, 5.41) is 17.3. The molecule has 8 nitrogen and oxygen atoms in total. The van der Waals surface area contributed by atoms with Crippen LogP contribution in [-0.2, 0) is 16.7 Å². The number of nitrogens with one attached hydrogen (secondary N) is 1. The highest BCUT2D eigenvalue weighted by molar-refractivity contribution is 5.68. The van der Waals surface area contributed by atoms with E-state index in [1.54, 1.807) is 12.4 Å². The van der Waals surface area contributed by atoms with Gasteiger partial charge >= 0.3 is 0 Å². The number of aryl methyl sites for hydroxylation is 1. The average molecular weight is 495 g/mol. The zero-order valence-electron chi connectivity index (χ0n) is 21.4. The first-order valence-electron chi connectivity index (χ1n) is 12.5. The summed E-state index contributed by atoms with van der Waals surface area (Å²) in [5.74, 6) is 0.552. The van der Waals surface area contributed by atoms with Crippen LogP contribution in [0.25, 0.3) is 34.0 Å². The largest absolute Gasteiger partial charge is 0.380 e. The first-order valence-corrected chi connectivity index (χ1v) is 12.5. The fourth-order valence-electron chi connectivity index (χ4n) is 4.29. The molecule has 1 aromatic carbocycles. The minimum absolute atomic E-state index is 0.420. The molecule has 1 saturated heterocycles. The van der Waals surface area contributed by atoms with Crippen LogP contribution in [0, 0.1) is 18.3 Å². The van der Waals surface area contributed by atoms with E-state index >= 15 is 0 Å². The first-order chi connectivity index (χ1) is 17.9. The molecule has 8 heteroatoms. The lowest BCUT2D eigenvalue weighted by atomic mass is 9.90. The van der Waals surface area contributed by atoms with E-state index in [0.717, 1.165) is 55.1 Å². The average Bonchev–Trinajstić information content (AvgIpc) is 3.43. The molecule has 188 valence electrons. The van der Waals surface area contributed by atoms with Crippen molar-refractivity contribution in [1.82, 2.24) is 25.4 Å². The van der Waals surface area contributed by atoms with Gasteiger partial charge in [-0.2, -0.15) is 5.26 Å². The molecule has 4 heterocycles. The fraction of sp³-hybridized carbons (Fsp3) is 0.345. The molecule has 1 aliphatic heterocycles. The smallest absolute Gasteiger partial charge is 0.187 e. The second kappa shape index (κ2) is 10.6. The Morgan fingerprint density at radius 2 is 1.92 bits per heavy atom. The number of hydrogen-bond acceptors (Lipinski definition) is 8. The van der Waals surface area contributed by atoms with Crippen LogP contribution in [0.3, 0.4) is 0 Å². The number of rotatable bonds is 7. The van der Waals surface area contributed by atoms with E-state index in [4.69, 9.17) is 14.2 Å². The lowest BCUT2D eigenvalue weighted by Crippen LogP contribution is -2.36. The molecule has 5 rings (SSSR count). The summed E-state index contributed by atoms with van der Waals surface area (Å²) in [7, 11) is 0. The second-order valence-corrected chi connectivity index (χ2v) is 9.92. The molecular weight excluding hydrogens is 464 g/mol. The second-order valence-electron chi connectivity index (χ2n) is 9.92. The normalized spacial score (nSPS) is 15.9. The molecule has 0 spiro atoms. The Hall–Kier alpha value is -3.93. The molecule has 1 N–H and O–H groups in total. The number of nitrogens with zero attached hydrogens (tertiary/aromatic N) is 5. The maximum Gasteiger partial charge on any atom is 0.187 e. The number of benzene rings is 1. The van der Waals surface area contributed by atoms with Crippen molar-refractivity contribution in [3.05, 3.63) is 71.8 Å². The lowest BCUT2D eigenvalue weighted by molar-refractivity contribution is 0.0699. The maximum atomic E-state index is 9.49. The zero-order valence-corrected chi connectivity index (χ0v) is 21.4. The molecule has 0 amide bonds. The topological polar surface area (TPSA) is 110 Å². The van der Waals surface area contributed by atoms with Crippen LogP contribution in [0.15, 0.2) is 59.4 Å². The van der Waals surface area contributed by atoms with Crippen molar-refractivity contribution in [1.29, 1.82) is 5.26 Å². The third kappa shape index (κ3) is 5.58. The molecule has 0 aliphatic carbocycles. The van der Waals surface area contributed by atoms with Gasteiger partial charge in [-0.05, 0) is 51.3 Å². The first kappa shape index (κ1) is 24.8. The number of ether oxygens (including phenoxy) is 1. The zero-order chi connectivity index (χ0) is 25.8. The van der Waals surface area contributed by atoms with Gasteiger partial charge in [0, 0.05) is 42.6 Å². The van der Waals surface area contributed by atoms with Gasteiger partial charge in [-0.3, -0.25) is 9.97 Å². The van der Waals surface area contributed by atoms with Crippen LogP contribution in [0.5, 0.6) is 0 Å². The summed E-state index contributed by atoms with van der Waals surface area (Å²) in [4.78, 5) is 13.7. The van der Waals surface area contributed by atoms with Crippen LogP contribution in [0.4, 0.5) is 0 Å². The van der Waals surface area contributed by atoms with Crippen molar-refractivity contribution in [3.63, 3.8) is 0 Å². The van der Waals surface area contributed by atoms with E-state index in [-0.39, 0.29) is 0 Å². The Bertz CT molecular complexity index is 1420. The van der Waals surface area contributed by atoms with Crippen molar-refractivity contribution < 1.29 is 9.26 Å². The van der Waals surface area contributed by atoms with Gasteiger partial charge in [0.05, 0.1) is 41.4 Å². The lowest BCUT2D eigenvalue weighted by Gasteiger charge is -2.23. The van der Waals surface area contributed by atoms with Crippen LogP contribution in [-0.4, -0.2) is 39.4 Å². The van der Waals surface area contributed by atoms with Crippen LogP contribution < -0.4 is 5.32 Å². The Kier molecular flexibility index (Phi) is 7.08. The van der Waals surface area contributed by atoms with Gasteiger partial charge in [-0.15, -0.1) is 0 Å². The molecule has 37 heavy (non-hydrogen) atoms. The highest BCUT2D eigenvalue weighted by Crippen LogP contribution is 2.30. The Balaban J connectivity index is 1.34. The number of aromatic nitrogens is 4. The third-order valence-electron chi connectivity index (χ3n) is 6.68. The Morgan fingerprint density at radius 3 is 2.68 bits per heavy atom. The Labute approximate surface area is 216 Å². The summed E-state index contributed by atoms with van der Waals surface area (Å²) in [6, 6.07) is 16.7. The molecule has 0 radical (unpaired) electrons. The minimum atomic E-state index is -0.702. The summed E-state index contributed by atoms with van der Waals surface area (Å²) in [6.45, 7) is 8.04. The molecule has 3 aromatic heterocycles. The standard InChI is InChI=1S/C29H30N6O2/c1-19-28(34-25(16-32-19)22-10-11-31-27(13-22)29(2,3)18-30)26-14-24(35-37-26)21-8-6-20(7-9-21)15-33-23-5-4-12-36-17-23/h6-11,13-14,16,23,33H,4-5,12,15,17H2,1-3H3. The SMILES string of the molecule is Cc1ncc(-c2ccnc(C(C)(C)C#N)c2)nc1-c1cc(-c2ccc(CNC3CCCOC3)cc2)no1. The highest BCUT2D eigenvalue weighted by atomic mass is 16.5. The van der Waals surface area contributed by atoms with E-state index in [2.05, 4.69) is 50.8 Å². The van der Waals surface area contributed by atoms with E-state index in [9.17, 15) is 5.26 Å². The molecule has 1 atom stereocenters. The predicted molar refractivity (Wildman–Crippen MR) is 140 cm³/mol. The van der Waals surface area contributed by atoms with Gasteiger partial charge in [0.1, 0.15) is 11.4 Å². The van der Waals surface area contributed by atoms with Crippen LogP contribution in [0.2, 0.25) is 0 Å². The Morgan fingerprint density at radius 1 is 1.08 bits per heavy atom. The van der Waals surface area contributed by atoms with Crippen molar-refractivity contribution in [2.24, 2.45) is 0 Å². The summed E-state index contributed by atoms with van der Waals surface area (Å²) in [5.41, 5.74) is 5.79. The quantitative estimate of drug-likeness (QED) is 0.371. The van der Waals surface area contributed by atoms with Crippen molar-refractivity contribution in [2.75, 3.05) is 13.2 Å². The summed E-state index contributed by atoms with van der Waals surface area (Å²) in [6.07, 6.45) is 5.69. The van der Waals surface area contributed by atoms with Crippen LogP contribution >= 0.6 is 0 Å². The highest BCUT2D eigenvalue weighted by Gasteiger charge is 2.22. The fourth-order valence-corrected chi connectivity index (χ4v) is 4.29. The number of hydrogen-bond donors (Lipinski definition) is 1. The molecule has 1 unspecified atom stereocenters. The van der Waals surface area contributed by atoms with Gasteiger partial charge in [-0.25, -0.2) is 4.98 Å². The van der Waals surface area contributed by atoms with Gasteiger partial charge in [0.15, 0.2) is 5.76 Å². The van der Waals surface area contributed by atoms with Gasteiger partial charge in [-0.1, -0.05) is 29.4 Å². The van der Waals surface area contributed by atoms with E-state index in [1.807, 2.05) is 39.0 Å². The summed E-state index contributed by atoms with van der Waals surface area (Å²) < 4.78 is 11.2. The van der Waals surface area contributed by atoms with Crippen molar-refractivity contribution >= 4 is 0 Å². The number of nitriles is 1. The van der Waals surface area contributed by atoms with Gasteiger partial charge < -0.3 is 14.6 Å². The van der Waals surface area contributed by atoms with Crippen LogP contribution in [0.1, 0.15) is 43.6 Å². The monoisotopic (exact) mass is 494 g/mol. The predicted octanol–water partition coefficient (Wildman–Crippen LogP) is 5.24. The molecule has 1 fully saturated rings. The third-order valence-corrected chi connectivity index (χ3v) is 6.68. The minimum Gasteiger partial charge on any atom is -0.380 e. The van der Waals surface area contributed by atoms with Crippen molar-refractivity contribution in [3.8, 4) is 40.0 Å². The van der Waals surface area contributed by atoms with Gasteiger partial charge in [0.25, 0.3) is 0 Å². The van der Waals surface area contributed by atoms with E-state index < -0.39 is 5.41 Å². The van der Waals surface area contributed by atoms with E-state index in [0.29, 0.717) is 28.9 Å². The van der Waals surface area contributed by atoms with Gasteiger partial charge in [0.2, 0.25) is 0 Å².